The molecule has 0 aliphatic heterocycles. The molecule has 1 aromatic carbocycles. The molecule has 0 unspecified atom stereocenters. The summed E-state index contributed by atoms with van der Waals surface area (Å²) in [4.78, 5) is 15.8. The number of carbonyl (C=O) groups excluding carboxylic acids is 1. The maximum absolute atomic E-state index is 11.5. The fourth-order valence-corrected chi connectivity index (χ4v) is 2.13. The van der Waals surface area contributed by atoms with Gasteiger partial charge in [0.05, 0.1) is 18.9 Å². The molecule has 5 nitrogen and oxygen atoms in total. The molecule has 3 aromatic rings. The molecule has 0 atom stereocenters. The van der Waals surface area contributed by atoms with Crippen LogP contribution in [0, 0.1) is 0 Å². The Bertz CT molecular complexity index is 780. The maximum Gasteiger partial charge on any atom is 0.374 e. The number of pyridine rings is 1. The van der Waals surface area contributed by atoms with Gasteiger partial charge < -0.3 is 14.5 Å². The number of hydrogen-bond acceptors (Lipinski definition) is 5. The van der Waals surface area contributed by atoms with Gasteiger partial charge in [0, 0.05) is 29.4 Å². The number of esters is 1. The second-order valence-electron chi connectivity index (χ2n) is 4.53. The van der Waals surface area contributed by atoms with Crippen molar-refractivity contribution < 1.29 is 13.9 Å². The largest absolute Gasteiger partial charge is 0.463 e. The molecule has 3 rings (SSSR count). The van der Waals surface area contributed by atoms with Gasteiger partial charge in [-0.3, -0.25) is 4.98 Å². The molecule has 0 saturated carbocycles. The summed E-state index contributed by atoms with van der Waals surface area (Å²) in [6, 6.07) is 11.6. The third kappa shape index (κ3) is 2.72. The van der Waals surface area contributed by atoms with Crippen LogP contribution in [0.3, 0.4) is 0 Å². The summed E-state index contributed by atoms with van der Waals surface area (Å²) >= 11 is 0. The molecule has 1 N–H and O–H groups in total. The number of rotatable bonds is 4. The molecule has 21 heavy (non-hydrogen) atoms. The number of ether oxygens (including phenoxy) is 1. The van der Waals surface area contributed by atoms with Crippen LogP contribution in [-0.4, -0.2) is 18.1 Å². The van der Waals surface area contributed by atoms with Crippen molar-refractivity contribution in [3.8, 4) is 0 Å². The van der Waals surface area contributed by atoms with Gasteiger partial charge in [-0.1, -0.05) is 6.07 Å². The Kier molecular flexibility index (Phi) is 3.55. The highest BCUT2D eigenvalue weighted by Crippen LogP contribution is 2.19. The molecule has 106 valence electrons. The zero-order chi connectivity index (χ0) is 14.7. The smallest absolute Gasteiger partial charge is 0.374 e. The molecule has 0 fully saturated rings. The van der Waals surface area contributed by atoms with Crippen molar-refractivity contribution in [1.82, 2.24) is 4.98 Å². The zero-order valence-electron chi connectivity index (χ0n) is 11.5. The molecule has 0 aliphatic carbocycles. The third-order valence-electron chi connectivity index (χ3n) is 3.20. The molecule has 2 heterocycles. The number of furan rings is 1. The highest BCUT2D eigenvalue weighted by atomic mass is 16.5. The maximum atomic E-state index is 11.5. The highest BCUT2D eigenvalue weighted by Gasteiger charge is 2.15. The van der Waals surface area contributed by atoms with Crippen LogP contribution in [0.1, 0.15) is 16.1 Å². The molecule has 0 amide bonds. The van der Waals surface area contributed by atoms with E-state index in [9.17, 15) is 4.79 Å². The Balaban J connectivity index is 1.77. The van der Waals surface area contributed by atoms with Crippen molar-refractivity contribution in [2.75, 3.05) is 12.4 Å². The van der Waals surface area contributed by atoms with E-state index in [1.165, 1.54) is 13.4 Å². The molecule has 0 aliphatic rings. The molecular formula is C16H14N2O3. The number of hydrogen-bond donors (Lipinski definition) is 1. The predicted octanol–water partition coefficient (Wildman–Crippen LogP) is 3.23. The minimum Gasteiger partial charge on any atom is -0.463 e. The van der Waals surface area contributed by atoms with Crippen molar-refractivity contribution in [1.29, 1.82) is 0 Å². The fraction of sp³-hybridized carbons (Fsp3) is 0.125. The monoisotopic (exact) mass is 282 g/mol. The Morgan fingerprint density at radius 2 is 2.24 bits per heavy atom. The van der Waals surface area contributed by atoms with Gasteiger partial charge in [0.1, 0.15) is 0 Å². The Labute approximate surface area is 121 Å². The lowest BCUT2D eigenvalue weighted by Gasteiger charge is -2.07. The molecule has 5 heteroatoms. The lowest BCUT2D eigenvalue weighted by Crippen LogP contribution is -2.06. The number of carbonyl (C=O) groups is 1. The Morgan fingerprint density at radius 3 is 3.10 bits per heavy atom. The minimum absolute atomic E-state index is 0.229. The van der Waals surface area contributed by atoms with Crippen LogP contribution < -0.4 is 5.32 Å². The number of fused-ring (bicyclic) bond motifs is 1. The first-order chi connectivity index (χ1) is 10.3. The molecule has 0 spiro atoms. The molecule has 2 aromatic heterocycles. The normalized spacial score (nSPS) is 10.5. The van der Waals surface area contributed by atoms with E-state index in [4.69, 9.17) is 4.42 Å². The number of anilines is 1. The summed E-state index contributed by atoms with van der Waals surface area (Å²) in [5.74, 6) is -0.244. The second-order valence-corrected chi connectivity index (χ2v) is 4.53. The zero-order valence-corrected chi connectivity index (χ0v) is 11.5. The quantitative estimate of drug-likeness (QED) is 0.744. The summed E-state index contributed by atoms with van der Waals surface area (Å²) in [5, 5.41) is 4.32. The van der Waals surface area contributed by atoms with E-state index in [-0.39, 0.29) is 5.76 Å². The van der Waals surface area contributed by atoms with Gasteiger partial charge in [-0.25, -0.2) is 4.79 Å². The van der Waals surface area contributed by atoms with Crippen LogP contribution in [0.15, 0.2) is 53.3 Å². The van der Waals surface area contributed by atoms with Crippen LogP contribution in [0.4, 0.5) is 5.69 Å². The summed E-state index contributed by atoms with van der Waals surface area (Å²) in [5.41, 5.74) is 2.65. The average Bonchev–Trinajstić information content (AvgIpc) is 3.00. The van der Waals surface area contributed by atoms with E-state index in [0.717, 1.165) is 22.2 Å². The van der Waals surface area contributed by atoms with Gasteiger partial charge in [-0.2, -0.15) is 0 Å². The number of benzene rings is 1. The van der Waals surface area contributed by atoms with Crippen molar-refractivity contribution in [2.45, 2.75) is 6.54 Å². The van der Waals surface area contributed by atoms with Crippen LogP contribution in [-0.2, 0) is 11.3 Å². The van der Waals surface area contributed by atoms with E-state index in [0.29, 0.717) is 6.54 Å². The van der Waals surface area contributed by atoms with Gasteiger partial charge in [0.25, 0.3) is 0 Å². The number of aromatic nitrogens is 1. The van der Waals surface area contributed by atoms with Gasteiger partial charge in [0.15, 0.2) is 0 Å². The molecular weight excluding hydrogens is 268 g/mol. The minimum atomic E-state index is -0.473. The summed E-state index contributed by atoms with van der Waals surface area (Å²) < 4.78 is 9.83. The SMILES string of the molecule is COC(=O)c1occc1CNc1ccc2ncccc2c1. The van der Waals surface area contributed by atoms with Crippen molar-refractivity contribution in [3.63, 3.8) is 0 Å². The van der Waals surface area contributed by atoms with E-state index in [1.807, 2.05) is 30.3 Å². The van der Waals surface area contributed by atoms with E-state index < -0.39 is 5.97 Å². The molecule has 0 bridgehead atoms. The van der Waals surface area contributed by atoms with Crippen molar-refractivity contribution >= 4 is 22.6 Å². The summed E-state index contributed by atoms with van der Waals surface area (Å²) in [6.07, 6.45) is 3.25. The standard InChI is InChI=1S/C16H14N2O3/c1-20-16(19)15-12(6-8-21-15)10-18-13-4-5-14-11(9-13)3-2-7-17-14/h2-9,18H,10H2,1H3. The summed E-state index contributed by atoms with van der Waals surface area (Å²) in [6.45, 7) is 0.479. The number of nitrogens with one attached hydrogen (secondary N) is 1. The summed E-state index contributed by atoms with van der Waals surface area (Å²) in [7, 11) is 1.33. The fourth-order valence-electron chi connectivity index (χ4n) is 2.13. The first-order valence-electron chi connectivity index (χ1n) is 6.51. The van der Waals surface area contributed by atoms with Crippen LogP contribution in [0.5, 0.6) is 0 Å². The van der Waals surface area contributed by atoms with Crippen LogP contribution in [0.25, 0.3) is 10.9 Å². The third-order valence-corrected chi connectivity index (χ3v) is 3.20. The van der Waals surface area contributed by atoms with Gasteiger partial charge in [-0.05, 0) is 30.3 Å². The Hall–Kier alpha value is -2.82. The topological polar surface area (TPSA) is 64.4 Å². The van der Waals surface area contributed by atoms with Gasteiger partial charge >= 0.3 is 5.97 Å². The number of methoxy groups -OCH3 is 1. The predicted molar refractivity (Wildman–Crippen MR) is 79.1 cm³/mol. The first-order valence-corrected chi connectivity index (χ1v) is 6.51. The van der Waals surface area contributed by atoms with E-state index in [2.05, 4.69) is 15.0 Å². The second kappa shape index (κ2) is 5.66. The number of nitrogens with zero attached hydrogens (tertiary/aromatic N) is 1. The molecule has 0 saturated heterocycles. The first kappa shape index (κ1) is 13.2. The van der Waals surface area contributed by atoms with Crippen molar-refractivity contribution in [3.05, 3.63) is 60.2 Å². The molecule has 0 radical (unpaired) electrons. The highest BCUT2D eigenvalue weighted by molar-refractivity contribution is 5.88. The van der Waals surface area contributed by atoms with Crippen molar-refractivity contribution in [2.24, 2.45) is 0 Å². The van der Waals surface area contributed by atoms with Gasteiger partial charge in [-0.15, -0.1) is 0 Å². The van der Waals surface area contributed by atoms with Gasteiger partial charge in [0.2, 0.25) is 5.76 Å². The van der Waals surface area contributed by atoms with E-state index >= 15 is 0 Å². The van der Waals surface area contributed by atoms with Crippen LogP contribution >= 0.6 is 0 Å². The lowest BCUT2D eigenvalue weighted by molar-refractivity contribution is 0.0563. The van der Waals surface area contributed by atoms with E-state index in [1.54, 1.807) is 12.3 Å². The average molecular weight is 282 g/mol. The van der Waals surface area contributed by atoms with Crippen LogP contribution in [0.2, 0.25) is 0 Å². The lowest BCUT2D eigenvalue weighted by atomic mass is 10.2. The Morgan fingerprint density at radius 1 is 1.33 bits per heavy atom.